The third-order valence-electron chi connectivity index (χ3n) is 3.75. The van der Waals surface area contributed by atoms with Gasteiger partial charge in [0.2, 0.25) is 0 Å². The van der Waals surface area contributed by atoms with E-state index in [1.165, 1.54) is 25.2 Å². The van der Waals surface area contributed by atoms with Gasteiger partial charge in [0.15, 0.2) is 5.96 Å². The van der Waals surface area contributed by atoms with Crippen molar-refractivity contribution in [3.8, 4) is 11.5 Å². The van der Waals surface area contributed by atoms with Crippen molar-refractivity contribution in [3.63, 3.8) is 0 Å². The molecule has 3 aromatic rings. The molecule has 0 saturated heterocycles. The lowest BCUT2D eigenvalue weighted by atomic mass is 10.2. The largest absolute Gasteiger partial charge is 0.457 e. The van der Waals surface area contributed by atoms with Crippen LogP contribution in [0.2, 0.25) is 0 Å². The van der Waals surface area contributed by atoms with Gasteiger partial charge in [0, 0.05) is 30.1 Å². The summed E-state index contributed by atoms with van der Waals surface area (Å²) >= 11 is 0. The SMILES string of the molecule is CN(C(=N)N)C(=O)c1cc2ccc(Oc3cccc([N+](=O)[O-])c3)cc2[nH]1. The number of aromatic nitrogens is 1. The maximum Gasteiger partial charge on any atom is 0.276 e. The van der Waals surface area contributed by atoms with E-state index >= 15 is 0 Å². The molecule has 0 aliphatic heterocycles. The Bertz CT molecular complexity index is 1030. The molecule has 3 rings (SSSR count). The summed E-state index contributed by atoms with van der Waals surface area (Å²) < 4.78 is 5.66. The molecule has 9 heteroatoms. The summed E-state index contributed by atoms with van der Waals surface area (Å²) in [6, 6.07) is 12.6. The number of rotatable bonds is 4. The number of guanidine groups is 1. The second-order valence-electron chi connectivity index (χ2n) is 5.54. The number of carbonyl (C=O) groups excluding carboxylic acids is 1. The van der Waals surface area contributed by atoms with Gasteiger partial charge in [0.1, 0.15) is 17.2 Å². The zero-order valence-corrected chi connectivity index (χ0v) is 13.7. The number of nitrogens with zero attached hydrogens (tertiary/aromatic N) is 2. The fourth-order valence-corrected chi connectivity index (χ4v) is 2.37. The lowest BCUT2D eigenvalue weighted by molar-refractivity contribution is -0.384. The Morgan fingerprint density at radius 2 is 1.96 bits per heavy atom. The number of ether oxygens (including phenoxy) is 1. The molecule has 0 fully saturated rings. The van der Waals surface area contributed by atoms with Crippen LogP contribution in [-0.2, 0) is 0 Å². The van der Waals surface area contributed by atoms with Gasteiger partial charge in [-0.15, -0.1) is 0 Å². The number of nitrogens with two attached hydrogens (primary N) is 1. The highest BCUT2D eigenvalue weighted by atomic mass is 16.6. The van der Waals surface area contributed by atoms with Crippen molar-refractivity contribution >= 4 is 28.5 Å². The van der Waals surface area contributed by atoms with E-state index in [4.69, 9.17) is 15.9 Å². The van der Waals surface area contributed by atoms with Crippen LogP contribution in [0.5, 0.6) is 11.5 Å². The molecule has 9 nitrogen and oxygen atoms in total. The first-order chi connectivity index (χ1) is 12.3. The molecule has 0 aliphatic carbocycles. The van der Waals surface area contributed by atoms with Gasteiger partial charge >= 0.3 is 0 Å². The van der Waals surface area contributed by atoms with Crippen LogP contribution in [0.1, 0.15) is 10.5 Å². The molecule has 0 radical (unpaired) electrons. The summed E-state index contributed by atoms with van der Waals surface area (Å²) in [5.74, 6) is -0.00492. The Kier molecular flexibility index (Phi) is 4.27. The molecule has 0 spiro atoms. The first-order valence-corrected chi connectivity index (χ1v) is 7.52. The Morgan fingerprint density at radius 1 is 1.23 bits per heavy atom. The number of carbonyl (C=O) groups is 1. The maximum absolute atomic E-state index is 12.2. The molecule has 1 aromatic heterocycles. The molecule has 4 N–H and O–H groups in total. The predicted octanol–water partition coefficient (Wildman–Crippen LogP) is 2.83. The van der Waals surface area contributed by atoms with Crippen LogP contribution in [0.25, 0.3) is 10.9 Å². The van der Waals surface area contributed by atoms with Crippen molar-refractivity contribution in [2.45, 2.75) is 0 Å². The van der Waals surface area contributed by atoms with Gasteiger partial charge in [0.05, 0.1) is 11.0 Å². The number of nitro groups is 1. The Labute approximate surface area is 147 Å². The minimum atomic E-state index is -0.496. The number of aromatic amines is 1. The number of non-ortho nitro benzene ring substituents is 1. The fourth-order valence-electron chi connectivity index (χ4n) is 2.37. The lowest BCUT2D eigenvalue weighted by Crippen LogP contribution is -2.38. The molecule has 2 aromatic carbocycles. The molecule has 0 aliphatic rings. The van der Waals surface area contributed by atoms with Gasteiger partial charge in [-0.3, -0.25) is 25.2 Å². The van der Waals surface area contributed by atoms with E-state index in [1.54, 1.807) is 30.3 Å². The fraction of sp³-hybridized carbons (Fsp3) is 0.0588. The van der Waals surface area contributed by atoms with Crippen LogP contribution in [-0.4, -0.2) is 33.7 Å². The van der Waals surface area contributed by atoms with Crippen molar-refractivity contribution in [1.82, 2.24) is 9.88 Å². The van der Waals surface area contributed by atoms with E-state index in [0.717, 1.165) is 10.3 Å². The van der Waals surface area contributed by atoms with Crippen molar-refractivity contribution in [2.24, 2.45) is 5.73 Å². The predicted molar refractivity (Wildman–Crippen MR) is 95.5 cm³/mol. The molecule has 0 saturated carbocycles. The Morgan fingerprint density at radius 3 is 2.65 bits per heavy atom. The quantitative estimate of drug-likeness (QED) is 0.286. The normalized spacial score (nSPS) is 10.5. The van der Waals surface area contributed by atoms with Crippen molar-refractivity contribution < 1.29 is 14.5 Å². The van der Waals surface area contributed by atoms with E-state index in [2.05, 4.69) is 4.98 Å². The van der Waals surface area contributed by atoms with Crippen molar-refractivity contribution in [1.29, 1.82) is 5.41 Å². The monoisotopic (exact) mass is 353 g/mol. The molecular weight excluding hydrogens is 338 g/mol. The summed E-state index contributed by atoms with van der Waals surface area (Å²) in [7, 11) is 1.41. The van der Waals surface area contributed by atoms with Gasteiger partial charge in [0.25, 0.3) is 11.6 Å². The number of nitrogens with one attached hydrogen (secondary N) is 2. The minimum Gasteiger partial charge on any atom is -0.457 e. The number of amides is 1. The summed E-state index contributed by atoms with van der Waals surface area (Å²) in [5, 5.41) is 18.9. The van der Waals surface area contributed by atoms with E-state index < -0.39 is 10.8 Å². The highest BCUT2D eigenvalue weighted by molar-refractivity contribution is 6.05. The van der Waals surface area contributed by atoms with Crippen LogP contribution in [0.4, 0.5) is 5.69 Å². The van der Waals surface area contributed by atoms with Crippen LogP contribution in [0.15, 0.2) is 48.5 Å². The number of nitro benzene ring substituents is 1. The van der Waals surface area contributed by atoms with Gasteiger partial charge < -0.3 is 15.5 Å². The molecule has 0 unspecified atom stereocenters. The van der Waals surface area contributed by atoms with Gasteiger partial charge in [-0.25, -0.2) is 0 Å². The standard InChI is InChI=1S/C17H15N5O4/c1-21(17(18)19)16(23)15-7-10-5-6-13(9-14(10)20-15)26-12-4-2-3-11(8-12)22(24)25/h2-9,20H,1H3,(H3,18,19). The lowest BCUT2D eigenvalue weighted by Gasteiger charge is -2.12. The zero-order valence-electron chi connectivity index (χ0n) is 13.7. The summed E-state index contributed by atoms with van der Waals surface area (Å²) in [6.07, 6.45) is 0. The smallest absolute Gasteiger partial charge is 0.276 e. The first kappa shape index (κ1) is 17.0. The average Bonchev–Trinajstić information content (AvgIpc) is 3.03. The van der Waals surface area contributed by atoms with Crippen LogP contribution in [0.3, 0.4) is 0 Å². The molecule has 0 bridgehead atoms. The van der Waals surface area contributed by atoms with Gasteiger partial charge in [-0.2, -0.15) is 0 Å². The molecular formula is C17H15N5O4. The van der Waals surface area contributed by atoms with Crippen molar-refractivity contribution in [3.05, 3.63) is 64.3 Å². The highest BCUT2D eigenvalue weighted by Gasteiger charge is 2.16. The van der Waals surface area contributed by atoms with Crippen LogP contribution >= 0.6 is 0 Å². The number of benzene rings is 2. The second kappa shape index (κ2) is 6.55. The average molecular weight is 353 g/mol. The summed E-state index contributed by atoms with van der Waals surface area (Å²) in [6.45, 7) is 0. The molecule has 1 heterocycles. The zero-order chi connectivity index (χ0) is 18.8. The van der Waals surface area contributed by atoms with E-state index in [1.807, 2.05) is 0 Å². The van der Waals surface area contributed by atoms with Crippen LogP contribution in [0, 0.1) is 15.5 Å². The minimum absolute atomic E-state index is 0.0661. The summed E-state index contributed by atoms with van der Waals surface area (Å²) in [5.41, 5.74) is 6.18. The van der Waals surface area contributed by atoms with E-state index in [-0.39, 0.29) is 17.3 Å². The van der Waals surface area contributed by atoms with Gasteiger partial charge in [-0.05, 0) is 24.3 Å². The number of hydrogen-bond donors (Lipinski definition) is 3. The van der Waals surface area contributed by atoms with Gasteiger partial charge in [-0.1, -0.05) is 6.07 Å². The molecule has 132 valence electrons. The Hall–Kier alpha value is -3.88. The third-order valence-corrected chi connectivity index (χ3v) is 3.75. The number of fused-ring (bicyclic) bond motifs is 1. The Balaban J connectivity index is 1.88. The number of H-pyrrole nitrogens is 1. The third kappa shape index (κ3) is 3.31. The van der Waals surface area contributed by atoms with E-state index in [0.29, 0.717) is 17.0 Å². The molecule has 0 atom stereocenters. The highest BCUT2D eigenvalue weighted by Crippen LogP contribution is 2.28. The maximum atomic E-state index is 12.2. The van der Waals surface area contributed by atoms with Crippen molar-refractivity contribution in [2.75, 3.05) is 7.05 Å². The van der Waals surface area contributed by atoms with Crippen LogP contribution < -0.4 is 10.5 Å². The molecule has 1 amide bonds. The summed E-state index contributed by atoms with van der Waals surface area (Å²) in [4.78, 5) is 26.5. The topological polar surface area (TPSA) is 138 Å². The second-order valence-corrected chi connectivity index (χ2v) is 5.54. The molecule has 26 heavy (non-hydrogen) atoms. The van der Waals surface area contributed by atoms with E-state index in [9.17, 15) is 14.9 Å². The first-order valence-electron chi connectivity index (χ1n) is 7.52. The number of hydrogen-bond acceptors (Lipinski definition) is 5.